The summed E-state index contributed by atoms with van der Waals surface area (Å²) >= 11 is 0. The summed E-state index contributed by atoms with van der Waals surface area (Å²) < 4.78 is 42.4. The van der Waals surface area contributed by atoms with Crippen LogP contribution in [0.2, 0.25) is 0 Å². The number of oxazole rings is 1. The lowest BCUT2D eigenvalue weighted by Crippen LogP contribution is -2.23. The molecule has 0 saturated carbocycles. The molecule has 0 amide bonds. The second-order valence-corrected chi connectivity index (χ2v) is 9.85. The number of sulfone groups is 1. The molecule has 1 atom stereocenters. The summed E-state index contributed by atoms with van der Waals surface area (Å²) in [6, 6.07) is 14.7. The number of hydrogen-bond donors (Lipinski definition) is 0. The summed E-state index contributed by atoms with van der Waals surface area (Å²) in [5.41, 5.74) is 3.71. The van der Waals surface area contributed by atoms with Crippen LogP contribution in [0.15, 0.2) is 57.8 Å². The summed E-state index contributed by atoms with van der Waals surface area (Å²) in [6.07, 6.45) is 1.85. The van der Waals surface area contributed by atoms with Gasteiger partial charge >= 0.3 is 0 Å². The van der Waals surface area contributed by atoms with E-state index in [1.807, 2.05) is 31.2 Å². The maximum atomic E-state index is 13.3. The van der Waals surface area contributed by atoms with Gasteiger partial charge in [0.2, 0.25) is 5.89 Å². The predicted octanol–water partition coefficient (Wildman–Crippen LogP) is 4.31. The molecule has 2 aromatic carbocycles. The Kier molecular flexibility index (Phi) is 5.75. The van der Waals surface area contributed by atoms with Crippen LogP contribution in [0.3, 0.4) is 0 Å². The maximum Gasteiger partial charge on any atom is 0.226 e. The Balaban J connectivity index is 1.46. The van der Waals surface area contributed by atoms with Gasteiger partial charge in [0.05, 0.1) is 10.6 Å². The highest BCUT2D eigenvalue weighted by molar-refractivity contribution is 7.90. The normalized spacial score (nSPS) is 17.5. The largest absolute Gasteiger partial charge is 0.441 e. The van der Waals surface area contributed by atoms with E-state index in [0.717, 1.165) is 47.7 Å². The van der Waals surface area contributed by atoms with Crippen molar-refractivity contribution < 1.29 is 17.2 Å². The molecule has 0 N–H and O–H groups in total. The third kappa shape index (κ3) is 4.63. The van der Waals surface area contributed by atoms with Crippen molar-refractivity contribution in [1.82, 2.24) is 9.88 Å². The number of halogens is 1. The lowest BCUT2D eigenvalue weighted by Gasteiger charge is -2.12. The van der Waals surface area contributed by atoms with Crippen LogP contribution in [0.25, 0.3) is 22.6 Å². The van der Waals surface area contributed by atoms with Crippen LogP contribution in [0.1, 0.15) is 17.9 Å². The fourth-order valence-electron chi connectivity index (χ4n) is 3.74. The topological polar surface area (TPSA) is 63.4 Å². The second kappa shape index (κ2) is 8.32. The number of aryl methyl sites for hydroxylation is 1. The predicted molar refractivity (Wildman–Crippen MR) is 115 cm³/mol. The first-order valence-electron chi connectivity index (χ1n) is 10.0. The van der Waals surface area contributed by atoms with E-state index in [0.29, 0.717) is 23.8 Å². The molecular formula is C23H25FN2O3S. The molecule has 0 bridgehead atoms. The van der Waals surface area contributed by atoms with E-state index in [1.54, 1.807) is 24.3 Å². The number of rotatable bonds is 6. The number of nitrogens with zero attached hydrogens (tertiary/aromatic N) is 2. The number of hydrogen-bond acceptors (Lipinski definition) is 5. The minimum atomic E-state index is -3.20. The van der Waals surface area contributed by atoms with E-state index >= 15 is 0 Å². The molecule has 7 heteroatoms. The number of alkyl halides is 1. The molecular weight excluding hydrogens is 403 g/mol. The van der Waals surface area contributed by atoms with E-state index in [2.05, 4.69) is 9.88 Å². The van der Waals surface area contributed by atoms with Gasteiger partial charge in [-0.05, 0) is 48.7 Å². The molecule has 1 aromatic heterocycles. The van der Waals surface area contributed by atoms with Crippen LogP contribution < -0.4 is 0 Å². The molecule has 1 aliphatic heterocycles. The van der Waals surface area contributed by atoms with Gasteiger partial charge in [-0.1, -0.05) is 24.3 Å². The van der Waals surface area contributed by atoms with Crippen molar-refractivity contribution in [2.75, 3.05) is 25.9 Å². The van der Waals surface area contributed by atoms with Gasteiger partial charge in [-0.15, -0.1) is 0 Å². The van der Waals surface area contributed by atoms with Crippen molar-refractivity contribution >= 4 is 9.84 Å². The van der Waals surface area contributed by atoms with E-state index in [1.165, 1.54) is 6.26 Å². The zero-order valence-electron chi connectivity index (χ0n) is 17.1. The highest BCUT2D eigenvalue weighted by Gasteiger charge is 2.22. The lowest BCUT2D eigenvalue weighted by molar-refractivity contribution is 0.289. The van der Waals surface area contributed by atoms with Crippen LogP contribution in [0, 0.1) is 6.92 Å². The summed E-state index contributed by atoms with van der Waals surface area (Å²) in [5, 5.41) is 0. The monoisotopic (exact) mass is 428 g/mol. The Hall–Kier alpha value is -2.51. The molecule has 0 aliphatic carbocycles. The van der Waals surface area contributed by atoms with E-state index in [-0.39, 0.29) is 0 Å². The number of benzene rings is 2. The van der Waals surface area contributed by atoms with Crippen molar-refractivity contribution in [3.8, 4) is 22.6 Å². The van der Waals surface area contributed by atoms with Crippen LogP contribution in [-0.4, -0.2) is 50.4 Å². The summed E-state index contributed by atoms with van der Waals surface area (Å²) in [6.45, 7) is 4.01. The molecule has 3 aromatic rings. The van der Waals surface area contributed by atoms with Gasteiger partial charge in [-0.25, -0.2) is 17.8 Å². The quantitative estimate of drug-likeness (QED) is 0.586. The molecule has 1 aliphatic rings. The number of aromatic nitrogens is 1. The van der Waals surface area contributed by atoms with Crippen LogP contribution in [-0.2, 0) is 16.3 Å². The van der Waals surface area contributed by atoms with Gasteiger partial charge in [0.15, 0.2) is 9.84 Å². The van der Waals surface area contributed by atoms with Crippen molar-refractivity contribution in [3.63, 3.8) is 0 Å². The average molecular weight is 429 g/mol. The minimum absolute atomic E-state index is 0.307. The van der Waals surface area contributed by atoms with Gasteiger partial charge < -0.3 is 4.42 Å². The first kappa shape index (κ1) is 20.8. The Labute approximate surface area is 176 Å². The molecule has 2 heterocycles. The molecule has 0 radical (unpaired) electrons. The molecule has 5 nitrogen and oxygen atoms in total. The Morgan fingerprint density at radius 3 is 2.23 bits per heavy atom. The lowest BCUT2D eigenvalue weighted by atomic mass is 10.0. The standard InChI is InChI=1S/C23H25FN2O3S/c1-16-22(12-14-26-13-11-20(24)15-26)25-23(29-16)19-5-3-17(4-6-19)18-7-9-21(10-8-18)30(2,27)28/h3-10,20H,11-15H2,1-2H3/t20-/m1/s1. The van der Waals surface area contributed by atoms with Gasteiger partial charge in [0.25, 0.3) is 0 Å². The van der Waals surface area contributed by atoms with Crippen LogP contribution in [0.4, 0.5) is 4.39 Å². The Morgan fingerprint density at radius 1 is 1.07 bits per heavy atom. The summed E-state index contributed by atoms with van der Waals surface area (Å²) in [4.78, 5) is 7.08. The maximum absolute atomic E-state index is 13.3. The summed E-state index contributed by atoms with van der Waals surface area (Å²) in [5.74, 6) is 1.37. The molecule has 0 unspecified atom stereocenters. The van der Waals surface area contributed by atoms with Crippen LogP contribution >= 0.6 is 0 Å². The van der Waals surface area contributed by atoms with E-state index < -0.39 is 16.0 Å². The zero-order chi connectivity index (χ0) is 21.3. The minimum Gasteiger partial charge on any atom is -0.441 e. The zero-order valence-corrected chi connectivity index (χ0v) is 18.0. The van der Waals surface area contributed by atoms with Gasteiger partial charge in [0.1, 0.15) is 11.9 Å². The third-order valence-electron chi connectivity index (χ3n) is 5.52. The highest BCUT2D eigenvalue weighted by atomic mass is 32.2. The Morgan fingerprint density at radius 2 is 1.67 bits per heavy atom. The summed E-state index contributed by atoms with van der Waals surface area (Å²) in [7, 11) is -3.20. The number of likely N-dealkylation sites (tertiary alicyclic amines) is 1. The smallest absolute Gasteiger partial charge is 0.226 e. The van der Waals surface area contributed by atoms with E-state index in [9.17, 15) is 12.8 Å². The first-order chi connectivity index (χ1) is 14.3. The second-order valence-electron chi connectivity index (χ2n) is 7.83. The fourth-order valence-corrected chi connectivity index (χ4v) is 4.37. The molecule has 0 spiro atoms. The molecule has 158 valence electrons. The highest BCUT2D eigenvalue weighted by Crippen LogP contribution is 2.27. The van der Waals surface area contributed by atoms with Crippen LogP contribution in [0.5, 0.6) is 0 Å². The third-order valence-corrected chi connectivity index (χ3v) is 6.65. The van der Waals surface area contributed by atoms with Crippen molar-refractivity contribution in [3.05, 3.63) is 60.0 Å². The molecule has 1 saturated heterocycles. The van der Waals surface area contributed by atoms with E-state index in [4.69, 9.17) is 4.42 Å². The van der Waals surface area contributed by atoms with Crippen molar-refractivity contribution in [2.45, 2.75) is 30.8 Å². The van der Waals surface area contributed by atoms with Gasteiger partial charge in [0, 0.05) is 37.9 Å². The van der Waals surface area contributed by atoms with Gasteiger partial charge in [-0.2, -0.15) is 0 Å². The Bertz CT molecular complexity index is 1120. The average Bonchev–Trinajstić information content (AvgIpc) is 3.31. The fraction of sp³-hybridized carbons (Fsp3) is 0.348. The van der Waals surface area contributed by atoms with Gasteiger partial charge in [-0.3, -0.25) is 4.90 Å². The SMILES string of the molecule is Cc1oc(-c2ccc(-c3ccc(S(C)(=O)=O)cc3)cc2)nc1CCN1CC[C@@H](F)C1. The molecule has 1 fully saturated rings. The molecule has 30 heavy (non-hydrogen) atoms. The van der Waals surface area contributed by atoms with Crippen molar-refractivity contribution in [2.24, 2.45) is 0 Å². The first-order valence-corrected chi connectivity index (χ1v) is 11.9. The molecule has 4 rings (SSSR count). The van der Waals surface area contributed by atoms with Crippen molar-refractivity contribution in [1.29, 1.82) is 0 Å².